The van der Waals surface area contributed by atoms with Gasteiger partial charge in [0.25, 0.3) is 0 Å². The summed E-state index contributed by atoms with van der Waals surface area (Å²) in [5.41, 5.74) is 3.85. The van der Waals surface area contributed by atoms with Crippen LogP contribution in [0.3, 0.4) is 0 Å². The molecule has 0 radical (unpaired) electrons. The molecule has 4 aromatic rings. The molecule has 2 amide bonds. The van der Waals surface area contributed by atoms with Crippen LogP contribution < -0.4 is 10.6 Å². The van der Waals surface area contributed by atoms with Gasteiger partial charge in [-0.15, -0.1) is 0 Å². The van der Waals surface area contributed by atoms with Crippen molar-refractivity contribution in [3.63, 3.8) is 0 Å². The monoisotopic (exact) mass is 820 g/mol. The second kappa shape index (κ2) is 19.6. The molecule has 2 N–H and O–H groups in total. The van der Waals surface area contributed by atoms with Gasteiger partial charge in [-0.05, 0) is 79.8 Å². The SMILES string of the molecule is COC(=O)C1(NC(=O)OC(C)(C)C)CCC(OCc2ccccc2)C1.COC(=O)C1(NC(=O)OCC2c3ccccc3-c3ccccc32)CCC(OCc2ccccc2)C1. The number of ether oxygens (including phenoxy) is 6. The third kappa shape index (κ3) is 10.9. The lowest BCUT2D eigenvalue weighted by molar-refractivity contribution is -0.149. The Bertz CT molecular complexity index is 2040. The maximum absolute atomic E-state index is 12.9. The van der Waals surface area contributed by atoms with E-state index in [0.717, 1.165) is 33.4 Å². The van der Waals surface area contributed by atoms with Crippen LogP contribution in [0.2, 0.25) is 0 Å². The molecular weight excluding hydrogens is 765 g/mol. The summed E-state index contributed by atoms with van der Waals surface area (Å²) in [6.45, 7) is 6.43. The molecule has 4 aromatic carbocycles. The first kappa shape index (κ1) is 43.8. The molecule has 0 spiro atoms. The van der Waals surface area contributed by atoms with Crippen LogP contribution in [0, 0.1) is 0 Å². The van der Waals surface area contributed by atoms with E-state index < -0.39 is 40.8 Å². The van der Waals surface area contributed by atoms with E-state index in [1.54, 1.807) is 20.8 Å². The zero-order chi connectivity index (χ0) is 42.8. The minimum atomic E-state index is -1.15. The summed E-state index contributed by atoms with van der Waals surface area (Å²) in [5, 5.41) is 5.54. The van der Waals surface area contributed by atoms with E-state index in [4.69, 9.17) is 28.4 Å². The predicted octanol–water partition coefficient (Wildman–Crippen LogP) is 8.40. The van der Waals surface area contributed by atoms with Gasteiger partial charge in [0.2, 0.25) is 0 Å². The van der Waals surface area contributed by atoms with Crippen molar-refractivity contribution in [3.8, 4) is 11.1 Å². The summed E-state index contributed by atoms with van der Waals surface area (Å²) in [7, 11) is 2.65. The van der Waals surface area contributed by atoms with Crippen LogP contribution >= 0.6 is 0 Å². The van der Waals surface area contributed by atoms with E-state index in [0.29, 0.717) is 51.7 Å². The number of hydrogen-bond donors (Lipinski definition) is 2. The second-order valence-electron chi connectivity index (χ2n) is 16.5. The molecular formula is C48H56N2O10. The van der Waals surface area contributed by atoms with Gasteiger partial charge >= 0.3 is 24.1 Å². The van der Waals surface area contributed by atoms with Gasteiger partial charge in [-0.2, -0.15) is 0 Å². The van der Waals surface area contributed by atoms with E-state index in [1.807, 2.05) is 84.9 Å². The van der Waals surface area contributed by atoms with Gasteiger partial charge in [0, 0.05) is 18.8 Å². The van der Waals surface area contributed by atoms with Crippen molar-refractivity contribution in [1.29, 1.82) is 0 Å². The highest BCUT2D eigenvalue weighted by atomic mass is 16.6. The Hall–Kier alpha value is -5.72. The van der Waals surface area contributed by atoms with Gasteiger partial charge in [-0.25, -0.2) is 19.2 Å². The van der Waals surface area contributed by atoms with Crippen LogP contribution in [0.1, 0.15) is 87.5 Å². The van der Waals surface area contributed by atoms with E-state index >= 15 is 0 Å². The number of nitrogens with one attached hydrogen (secondary N) is 2. The normalized spacial score (nSPS) is 21.7. The number of carbonyl (C=O) groups excluding carboxylic acids is 4. The lowest BCUT2D eigenvalue weighted by atomic mass is 9.97. The fourth-order valence-corrected chi connectivity index (χ4v) is 8.28. The van der Waals surface area contributed by atoms with Gasteiger partial charge in [-0.3, -0.25) is 0 Å². The average molecular weight is 821 g/mol. The molecule has 4 atom stereocenters. The van der Waals surface area contributed by atoms with Crippen molar-refractivity contribution in [1.82, 2.24) is 10.6 Å². The van der Waals surface area contributed by atoms with Crippen molar-refractivity contribution in [2.45, 2.75) is 107 Å². The van der Waals surface area contributed by atoms with Crippen molar-refractivity contribution in [2.24, 2.45) is 0 Å². The Morgan fingerprint density at radius 3 is 1.45 bits per heavy atom. The van der Waals surface area contributed by atoms with Crippen LogP contribution in [-0.2, 0) is 51.2 Å². The van der Waals surface area contributed by atoms with Gasteiger partial charge in [0.1, 0.15) is 23.3 Å². The molecule has 2 fully saturated rings. The second-order valence-corrected chi connectivity index (χ2v) is 16.5. The molecule has 0 aliphatic heterocycles. The first-order valence-electron chi connectivity index (χ1n) is 20.5. The smallest absolute Gasteiger partial charge is 0.408 e. The highest BCUT2D eigenvalue weighted by molar-refractivity contribution is 5.87. The lowest BCUT2D eigenvalue weighted by Crippen LogP contribution is -2.54. The predicted molar refractivity (Wildman–Crippen MR) is 225 cm³/mol. The van der Waals surface area contributed by atoms with Gasteiger partial charge < -0.3 is 39.1 Å². The summed E-state index contributed by atoms with van der Waals surface area (Å²) in [6, 6.07) is 36.1. The number of carbonyl (C=O) groups is 4. The summed E-state index contributed by atoms with van der Waals surface area (Å²) in [6.07, 6.45) is 1.37. The van der Waals surface area contributed by atoms with Crippen molar-refractivity contribution in [2.75, 3.05) is 20.8 Å². The molecule has 0 aromatic heterocycles. The standard InChI is InChI=1S/C29H29NO5.C19H27NO5/c1-33-27(31)29(16-15-21(17-29)34-18-20-9-3-2-4-10-20)30-28(32)35-19-26-24-13-7-5-11-22(24)23-12-6-8-14-25(23)26;1-18(2,3)25-17(22)20-19(16(21)23-4)11-10-15(12-19)24-13-14-8-6-5-7-9-14/h2-14,21,26H,15-19H2,1H3,(H,30,32);5-9,15H,10-13H2,1-4H3,(H,20,22). The number of hydrogen-bond acceptors (Lipinski definition) is 10. The van der Waals surface area contributed by atoms with Gasteiger partial charge in [0.15, 0.2) is 0 Å². The van der Waals surface area contributed by atoms with Crippen molar-refractivity contribution in [3.05, 3.63) is 131 Å². The Balaban J connectivity index is 0.000000214. The van der Waals surface area contributed by atoms with E-state index in [9.17, 15) is 19.2 Å². The summed E-state index contributed by atoms with van der Waals surface area (Å²) in [5.74, 6) is -0.992. The quantitative estimate of drug-likeness (QED) is 0.106. The number of methoxy groups -OCH3 is 2. The van der Waals surface area contributed by atoms with E-state index in [-0.39, 0.29) is 24.7 Å². The molecule has 318 valence electrons. The molecule has 12 heteroatoms. The Kier molecular flexibility index (Phi) is 14.3. The third-order valence-electron chi connectivity index (χ3n) is 11.2. The van der Waals surface area contributed by atoms with Gasteiger partial charge in [0.05, 0.1) is 39.6 Å². The minimum Gasteiger partial charge on any atom is -0.467 e. The van der Waals surface area contributed by atoms with Crippen molar-refractivity contribution >= 4 is 24.1 Å². The van der Waals surface area contributed by atoms with Crippen LogP contribution in [0.15, 0.2) is 109 Å². The topological polar surface area (TPSA) is 148 Å². The molecule has 3 aliphatic rings. The molecule has 0 bridgehead atoms. The third-order valence-corrected chi connectivity index (χ3v) is 11.2. The lowest BCUT2D eigenvalue weighted by Gasteiger charge is -2.29. The molecule has 7 rings (SSSR count). The Morgan fingerprint density at radius 1 is 0.600 bits per heavy atom. The first-order valence-corrected chi connectivity index (χ1v) is 20.5. The highest BCUT2D eigenvalue weighted by Crippen LogP contribution is 2.44. The summed E-state index contributed by atoms with van der Waals surface area (Å²) in [4.78, 5) is 50.1. The van der Waals surface area contributed by atoms with Crippen molar-refractivity contribution < 1.29 is 47.6 Å². The molecule has 12 nitrogen and oxygen atoms in total. The average Bonchev–Trinajstić information content (AvgIpc) is 3.96. The molecule has 4 unspecified atom stereocenters. The number of fused-ring (bicyclic) bond motifs is 3. The van der Waals surface area contributed by atoms with Gasteiger partial charge in [-0.1, -0.05) is 109 Å². The first-order chi connectivity index (χ1) is 28.8. The molecule has 60 heavy (non-hydrogen) atoms. The highest BCUT2D eigenvalue weighted by Gasteiger charge is 2.50. The molecule has 0 heterocycles. The Morgan fingerprint density at radius 2 is 1.02 bits per heavy atom. The summed E-state index contributed by atoms with van der Waals surface area (Å²) >= 11 is 0. The number of alkyl carbamates (subject to hydrolysis) is 2. The molecule has 3 aliphatic carbocycles. The maximum atomic E-state index is 12.9. The maximum Gasteiger partial charge on any atom is 0.408 e. The van der Waals surface area contributed by atoms with E-state index in [2.05, 4.69) is 34.9 Å². The minimum absolute atomic E-state index is 0.0484. The molecule has 0 saturated heterocycles. The number of esters is 2. The number of rotatable bonds is 12. The fourth-order valence-electron chi connectivity index (χ4n) is 8.28. The number of benzene rings is 4. The summed E-state index contributed by atoms with van der Waals surface area (Å²) < 4.78 is 32.9. The van der Waals surface area contributed by atoms with E-state index in [1.165, 1.54) is 14.2 Å². The van der Waals surface area contributed by atoms with Crippen LogP contribution in [0.4, 0.5) is 9.59 Å². The Labute approximate surface area is 352 Å². The van der Waals surface area contributed by atoms with Crippen LogP contribution in [0.25, 0.3) is 11.1 Å². The molecule has 2 saturated carbocycles. The number of amides is 2. The zero-order valence-electron chi connectivity index (χ0n) is 35.1. The largest absolute Gasteiger partial charge is 0.467 e. The fraction of sp³-hybridized carbons (Fsp3) is 0.417. The zero-order valence-corrected chi connectivity index (χ0v) is 35.1. The van der Waals surface area contributed by atoms with Crippen LogP contribution in [0.5, 0.6) is 0 Å². The van der Waals surface area contributed by atoms with Crippen LogP contribution in [-0.4, -0.2) is 73.8 Å².